The van der Waals surface area contributed by atoms with Gasteiger partial charge in [0.05, 0.1) is 24.2 Å². The average Bonchev–Trinajstić information content (AvgIpc) is 2.92. The van der Waals surface area contributed by atoms with Gasteiger partial charge in [0.2, 0.25) is 0 Å². The van der Waals surface area contributed by atoms with Crippen LogP contribution in [0.3, 0.4) is 0 Å². The van der Waals surface area contributed by atoms with Gasteiger partial charge in [0.15, 0.2) is 5.75 Å². The quantitative estimate of drug-likeness (QED) is 0.362. The van der Waals surface area contributed by atoms with Crippen LogP contribution in [0.2, 0.25) is 0 Å². The lowest BCUT2D eigenvalue weighted by Gasteiger charge is -2.22. The Labute approximate surface area is 225 Å². The second-order valence-corrected chi connectivity index (χ2v) is 10.2. The van der Waals surface area contributed by atoms with Gasteiger partial charge in [-0.05, 0) is 44.0 Å². The van der Waals surface area contributed by atoms with Crippen molar-refractivity contribution < 1.29 is 41.8 Å². The Bertz CT molecular complexity index is 1310. The first-order chi connectivity index (χ1) is 18.6. The predicted molar refractivity (Wildman–Crippen MR) is 137 cm³/mol. The van der Waals surface area contributed by atoms with Crippen LogP contribution >= 0.6 is 0 Å². The summed E-state index contributed by atoms with van der Waals surface area (Å²) in [7, 11) is -3.06. The van der Waals surface area contributed by atoms with Gasteiger partial charge in [-0.25, -0.2) is 22.9 Å². The number of rotatable bonds is 10. The smallest absolute Gasteiger partial charge is 0.414 e. The summed E-state index contributed by atoms with van der Waals surface area (Å²) in [6, 6.07) is 6.45. The van der Waals surface area contributed by atoms with Crippen LogP contribution in [0.15, 0.2) is 41.4 Å². The van der Waals surface area contributed by atoms with E-state index in [-0.39, 0.29) is 40.6 Å². The Kier molecular flexibility index (Phi) is 10.2. The lowest BCUT2D eigenvalue weighted by Crippen LogP contribution is -2.36. The van der Waals surface area contributed by atoms with Crippen molar-refractivity contribution in [2.75, 3.05) is 20.3 Å². The van der Waals surface area contributed by atoms with E-state index in [1.165, 1.54) is 31.4 Å². The van der Waals surface area contributed by atoms with E-state index in [1.54, 1.807) is 6.92 Å². The Morgan fingerprint density at radius 2 is 1.69 bits per heavy atom. The van der Waals surface area contributed by atoms with E-state index >= 15 is 0 Å². The molecule has 13 nitrogen and oxygen atoms in total. The molecule has 3 rings (SSSR count). The first-order valence-electron chi connectivity index (χ1n) is 12.3. The molecule has 210 valence electrons. The summed E-state index contributed by atoms with van der Waals surface area (Å²) in [5, 5.41) is 5.13. The van der Waals surface area contributed by atoms with Crippen molar-refractivity contribution >= 4 is 33.9 Å². The Balaban J connectivity index is 1.62. The minimum atomic E-state index is -4.29. The number of ether oxygens (including phenoxy) is 3. The molecular weight excluding hydrogens is 532 g/mol. The third kappa shape index (κ3) is 8.40. The normalized spacial score (nSPS) is 13.6. The molecule has 1 aromatic heterocycles. The molecule has 3 amide bonds. The molecule has 1 saturated carbocycles. The Hall–Kier alpha value is -4.20. The van der Waals surface area contributed by atoms with Crippen molar-refractivity contribution in [2.24, 2.45) is 0 Å². The highest BCUT2D eigenvalue weighted by molar-refractivity contribution is 7.90. The third-order valence-corrected chi connectivity index (χ3v) is 7.11. The topological polar surface area (TPSA) is 179 Å². The maximum Gasteiger partial charge on any atom is 0.414 e. The molecule has 0 spiro atoms. The first-order valence-corrected chi connectivity index (χ1v) is 13.7. The minimum absolute atomic E-state index is 0.107. The fourth-order valence-electron chi connectivity index (χ4n) is 3.80. The third-order valence-electron chi connectivity index (χ3n) is 5.77. The number of nitrogens with zero attached hydrogens (tertiary/aromatic N) is 1. The molecular formula is C25H30N4O9S. The minimum Gasteiger partial charge on any atom is -0.491 e. The van der Waals surface area contributed by atoms with Crippen LogP contribution in [0.25, 0.3) is 0 Å². The van der Waals surface area contributed by atoms with Crippen molar-refractivity contribution in [2.45, 2.75) is 50.0 Å². The second-order valence-electron chi connectivity index (χ2n) is 8.55. The SMILES string of the molecule is CCOC(=O)CNC(=O)Oc1ncc(C(=O)NS(=O)(=O)c2ccc(C(=O)NC3CCCCC3)cc2)cc1OC. The molecule has 0 saturated heterocycles. The van der Waals surface area contributed by atoms with Crippen molar-refractivity contribution in [3.8, 4) is 11.6 Å². The predicted octanol–water partition coefficient (Wildman–Crippen LogP) is 1.92. The number of benzene rings is 1. The van der Waals surface area contributed by atoms with E-state index in [0.29, 0.717) is 5.56 Å². The molecule has 1 heterocycles. The zero-order chi connectivity index (χ0) is 28.4. The lowest BCUT2D eigenvalue weighted by molar-refractivity contribution is -0.141. The summed E-state index contributed by atoms with van der Waals surface area (Å²) >= 11 is 0. The van der Waals surface area contributed by atoms with Crippen molar-refractivity contribution in [3.63, 3.8) is 0 Å². The number of esters is 1. The maximum atomic E-state index is 12.8. The average molecular weight is 563 g/mol. The number of hydrogen-bond acceptors (Lipinski definition) is 10. The van der Waals surface area contributed by atoms with Gasteiger partial charge in [-0.1, -0.05) is 19.3 Å². The summed E-state index contributed by atoms with van der Waals surface area (Å²) in [6.45, 7) is 1.33. The van der Waals surface area contributed by atoms with Gasteiger partial charge >= 0.3 is 12.1 Å². The second kappa shape index (κ2) is 13.6. The van der Waals surface area contributed by atoms with Crippen LogP contribution in [0.5, 0.6) is 11.6 Å². The zero-order valence-electron chi connectivity index (χ0n) is 21.5. The van der Waals surface area contributed by atoms with Gasteiger partial charge < -0.3 is 24.8 Å². The number of nitrogens with one attached hydrogen (secondary N) is 3. The fraction of sp³-hybridized carbons (Fsp3) is 0.400. The van der Waals surface area contributed by atoms with Crippen molar-refractivity contribution in [1.82, 2.24) is 20.3 Å². The highest BCUT2D eigenvalue weighted by Crippen LogP contribution is 2.25. The van der Waals surface area contributed by atoms with E-state index in [9.17, 15) is 27.6 Å². The van der Waals surface area contributed by atoms with Gasteiger partial charge in [0, 0.05) is 23.9 Å². The van der Waals surface area contributed by atoms with Crippen LogP contribution in [0, 0.1) is 0 Å². The summed E-state index contributed by atoms with van der Waals surface area (Å²) in [5.41, 5.74) is 0.111. The lowest BCUT2D eigenvalue weighted by atomic mass is 9.95. The number of methoxy groups -OCH3 is 1. The molecule has 0 atom stereocenters. The standard InChI is InChI=1S/C25H30N4O9S/c1-3-37-21(30)15-27-25(33)38-24-20(36-2)13-17(14-26-24)23(32)29-39(34,35)19-11-9-16(10-12-19)22(31)28-18-7-5-4-6-8-18/h9-14,18H,3-8,15H2,1-2H3,(H,27,33)(H,28,31)(H,29,32). The van der Waals surface area contributed by atoms with Gasteiger partial charge in [-0.3, -0.25) is 14.4 Å². The molecule has 3 N–H and O–H groups in total. The highest BCUT2D eigenvalue weighted by Gasteiger charge is 2.22. The van der Waals surface area contributed by atoms with Gasteiger partial charge in [-0.15, -0.1) is 0 Å². The van der Waals surface area contributed by atoms with E-state index in [4.69, 9.17) is 9.47 Å². The maximum absolute atomic E-state index is 12.8. The summed E-state index contributed by atoms with van der Waals surface area (Å²) in [5.74, 6) is -2.43. The van der Waals surface area contributed by atoms with Crippen molar-refractivity contribution in [1.29, 1.82) is 0 Å². The van der Waals surface area contributed by atoms with Gasteiger partial charge in [-0.2, -0.15) is 0 Å². The number of hydrogen-bond donors (Lipinski definition) is 3. The number of amides is 3. The zero-order valence-corrected chi connectivity index (χ0v) is 22.3. The van der Waals surface area contributed by atoms with Crippen LogP contribution in [0.1, 0.15) is 59.7 Å². The number of pyridine rings is 1. The molecule has 0 bridgehead atoms. The van der Waals surface area contributed by atoms with Crippen LogP contribution in [-0.4, -0.2) is 63.6 Å². The highest BCUT2D eigenvalue weighted by atomic mass is 32.2. The molecule has 0 aliphatic heterocycles. The van der Waals surface area contributed by atoms with E-state index in [1.807, 2.05) is 4.72 Å². The molecule has 0 unspecified atom stereocenters. The van der Waals surface area contributed by atoms with Crippen LogP contribution < -0.4 is 24.8 Å². The van der Waals surface area contributed by atoms with E-state index in [0.717, 1.165) is 44.4 Å². The largest absolute Gasteiger partial charge is 0.491 e. The number of carbonyl (C=O) groups is 4. The van der Waals surface area contributed by atoms with E-state index in [2.05, 4.69) is 20.4 Å². The number of carbonyl (C=O) groups excluding carboxylic acids is 4. The fourth-order valence-corrected chi connectivity index (χ4v) is 4.77. The van der Waals surface area contributed by atoms with Crippen LogP contribution in [-0.2, 0) is 19.6 Å². The summed E-state index contributed by atoms with van der Waals surface area (Å²) < 4.78 is 42.2. The van der Waals surface area contributed by atoms with Crippen LogP contribution in [0.4, 0.5) is 4.79 Å². The van der Waals surface area contributed by atoms with Gasteiger partial charge in [0.25, 0.3) is 27.7 Å². The Morgan fingerprint density at radius 1 is 1.00 bits per heavy atom. The first kappa shape index (κ1) is 29.4. The molecule has 39 heavy (non-hydrogen) atoms. The molecule has 14 heteroatoms. The molecule has 1 aliphatic rings. The number of sulfonamides is 1. The Morgan fingerprint density at radius 3 is 2.33 bits per heavy atom. The molecule has 1 aliphatic carbocycles. The monoisotopic (exact) mass is 562 g/mol. The molecule has 1 fully saturated rings. The molecule has 0 radical (unpaired) electrons. The van der Waals surface area contributed by atoms with Crippen molar-refractivity contribution in [3.05, 3.63) is 47.7 Å². The molecule has 2 aromatic rings. The number of aromatic nitrogens is 1. The van der Waals surface area contributed by atoms with Gasteiger partial charge in [0.1, 0.15) is 6.54 Å². The summed E-state index contributed by atoms with van der Waals surface area (Å²) in [4.78, 5) is 52.0. The van der Waals surface area contributed by atoms with E-state index < -0.39 is 34.5 Å². The molecule has 1 aromatic carbocycles. The summed E-state index contributed by atoms with van der Waals surface area (Å²) in [6.07, 6.45) is 5.07.